The van der Waals surface area contributed by atoms with E-state index in [-0.39, 0.29) is 56.6 Å². The largest absolute Gasteiger partial charge is 0.462 e. The Hall–Kier alpha value is -1.39. The lowest BCUT2D eigenvalue weighted by Gasteiger charge is -2.73. The van der Waals surface area contributed by atoms with Crippen LogP contribution in [0.2, 0.25) is 0 Å². The molecule has 0 N–H and O–H groups in total. The molecule has 2 bridgehead atoms. The van der Waals surface area contributed by atoms with E-state index in [4.69, 9.17) is 9.47 Å². The van der Waals surface area contributed by atoms with Gasteiger partial charge in [0.15, 0.2) is 0 Å². The maximum absolute atomic E-state index is 13.7. The van der Waals surface area contributed by atoms with Gasteiger partial charge in [-0.25, -0.2) is 0 Å². The summed E-state index contributed by atoms with van der Waals surface area (Å²) in [7, 11) is 0. The molecule has 6 fully saturated rings. The first kappa shape index (κ1) is 25.9. The highest BCUT2D eigenvalue weighted by molar-refractivity contribution is 5.82. The van der Waals surface area contributed by atoms with Gasteiger partial charge in [0.2, 0.25) is 0 Å². The lowest BCUT2D eigenvalue weighted by molar-refractivity contribution is -0.285. The third-order valence-corrected chi connectivity index (χ3v) is 14.3. The summed E-state index contributed by atoms with van der Waals surface area (Å²) >= 11 is 0. The number of aldehydes is 1. The van der Waals surface area contributed by atoms with Crippen LogP contribution in [0.3, 0.4) is 0 Å². The summed E-state index contributed by atoms with van der Waals surface area (Å²) in [6.45, 7) is 15.7. The zero-order valence-electron chi connectivity index (χ0n) is 24.2. The summed E-state index contributed by atoms with van der Waals surface area (Å²) < 4.78 is 12.5. The third kappa shape index (κ3) is 2.85. The molecule has 6 rings (SSSR count). The first-order chi connectivity index (χ1) is 17.1. The maximum atomic E-state index is 13.7. The van der Waals surface area contributed by atoms with E-state index in [0.717, 1.165) is 76.9 Å². The zero-order chi connectivity index (χ0) is 26.9. The van der Waals surface area contributed by atoms with E-state index < -0.39 is 5.41 Å². The molecule has 5 saturated carbocycles. The number of hydrogen-bond donors (Lipinski definition) is 0. The molecule has 0 amide bonds. The van der Waals surface area contributed by atoms with Crippen molar-refractivity contribution in [1.29, 1.82) is 0 Å². The number of hydrogen-bond acceptors (Lipinski definition) is 5. The van der Waals surface area contributed by atoms with E-state index in [2.05, 4.69) is 34.6 Å². The SMILES string of the molecule is CC(=O)O[C@H]1CC[C@]2(C)[C@H]3CC[C@]45OC(=O)[C@@]6(CCC(C)(C)C[C@H]64)CC[C@@]5(C)[C@]3(C)CC[C@H]2[C@]1(C)C=O. The number of carbonyl (C=O) groups is 3. The van der Waals surface area contributed by atoms with Crippen molar-refractivity contribution in [3.05, 3.63) is 0 Å². The Morgan fingerprint density at radius 3 is 2.22 bits per heavy atom. The van der Waals surface area contributed by atoms with Gasteiger partial charge < -0.3 is 14.3 Å². The number of rotatable bonds is 2. The van der Waals surface area contributed by atoms with Crippen molar-refractivity contribution in [1.82, 2.24) is 0 Å². The van der Waals surface area contributed by atoms with Crippen LogP contribution in [0.5, 0.6) is 0 Å². The van der Waals surface area contributed by atoms with Gasteiger partial charge >= 0.3 is 11.9 Å². The van der Waals surface area contributed by atoms with Crippen LogP contribution < -0.4 is 0 Å². The minimum absolute atomic E-state index is 0.00703. The second-order valence-electron chi connectivity index (χ2n) is 15.9. The average Bonchev–Trinajstić information content (AvgIpc) is 2.99. The van der Waals surface area contributed by atoms with Gasteiger partial charge in [-0.1, -0.05) is 34.6 Å². The monoisotopic (exact) mass is 512 g/mol. The van der Waals surface area contributed by atoms with Crippen molar-refractivity contribution in [3.8, 4) is 0 Å². The molecule has 10 atom stereocenters. The highest BCUT2D eigenvalue weighted by Crippen LogP contribution is 2.80. The van der Waals surface area contributed by atoms with Crippen molar-refractivity contribution < 1.29 is 23.9 Å². The fourth-order valence-electron chi connectivity index (χ4n) is 12.1. The van der Waals surface area contributed by atoms with Gasteiger partial charge in [0.25, 0.3) is 0 Å². The molecule has 1 aliphatic heterocycles. The topological polar surface area (TPSA) is 69.7 Å². The fraction of sp³-hybridized carbons (Fsp3) is 0.906. The third-order valence-electron chi connectivity index (χ3n) is 14.3. The molecule has 5 heteroatoms. The Labute approximate surface area is 223 Å². The molecular weight excluding hydrogens is 464 g/mol. The molecule has 0 aromatic rings. The summed E-state index contributed by atoms with van der Waals surface area (Å²) in [5.41, 5.74) is -1.09. The second kappa shape index (κ2) is 7.42. The smallest absolute Gasteiger partial charge is 0.313 e. The first-order valence-electron chi connectivity index (χ1n) is 15.0. The number of ether oxygens (including phenoxy) is 2. The van der Waals surface area contributed by atoms with E-state index in [1.54, 1.807) is 0 Å². The van der Waals surface area contributed by atoms with Gasteiger partial charge in [-0.05, 0) is 106 Å². The number of fused-ring (bicyclic) bond motifs is 4. The lowest BCUT2D eigenvalue weighted by Crippen LogP contribution is -2.72. The van der Waals surface area contributed by atoms with Crippen molar-refractivity contribution in [2.45, 2.75) is 131 Å². The van der Waals surface area contributed by atoms with Crippen LogP contribution in [0.4, 0.5) is 0 Å². The number of esters is 2. The summed E-state index contributed by atoms with van der Waals surface area (Å²) in [5.74, 6) is 0.773. The molecule has 0 aromatic carbocycles. The van der Waals surface area contributed by atoms with Crippen LogP contribution in [-0.4, -0.2) is 29.9 Å². The summed E-state index contributed by atoms with van der Waals surface area (Å²) in [6, 6.07) is 0. The standard InChI is InChI=1S/C32H48O5/c1-20(34)36-24-10-11-27(4)21(28(24,5)19-33)8-12-29(6)22(27)9-13-32-23-18-26(2,3)14-16-31(23,25(35)37-32)17-15-30(29,32)7/h19,21-24H,8-18H2,1-7H3/t21-,22-,23-,24+,27+,28+,29-,30+,31+,32+/m1/s1. The molecule has 6 aliphatic rings. The quantitative estimate of drug-likeness (QED) is 0.306. The zero-order valence-corrected chi connectivity index (χ0v) is 24.2. The van der Waals surface area contributed by atoms with Crippen molar-refractivity contribution in [2.75, 3.05) is 0 Å². The molecule has 5 nitrogen and oxygen atoms in total. The highest BCUT2D eigenvalue weighted by atomic mass is 16.6. The summed E-state index contributed by atoms with van der Waals surface area (Å²) in [5, 5.41) is 0. The van der Waals surface area contributed by atoms with Crippen molar-refractivity contribution >= 4 is 18.2 Å². The van der Waals surface area contributed by atoms with Gasteiger partial charge in [-0.3, -0.25) is 9.59 Å². The normalized spacial score (nSPS) is 55.6. The number of carbonyl (C=O) groups excluding carboxylic acids is 3. The molecule has 37 heavy (non-hydrogen) atoms. The van der Waals surface area contributed by atoms with Crippen LogP contribution in [0.15, 0.2) is 0 Å². The molecule has 206 valence electrons. The van der Waals surface area contributed by atoms with Crippen LogP contribution in [-0.2, 0) is 23.9 Å². The summed E-state index contributed by atoms with van der Waals surface area (Å²) in [6.07, 6.45) is 11.7. The Bertz CT molecular complexity index is 1050. The van der Waals surface area contributed by atoms with Gasteiger partial charge in [-0.15, -0.1) is 0 Å². The molecule has 0 aromatic heterocycles. The predicted molar refractivity (Wildman–Crippen MR) is 140 cm³/mol. The first-order valence-corrected chi connectivity index (χ1v) is 15.0. The maximum Gasteiger partial charge on any atom is 0.313 e. The molecule has 0 unspecified atom stereocenters. The average molecular weight is 513 g/mol. The molecule has 1 saturated heterocycles. The highest BCUT2D eigenvalue weighted by Gasteiger charge is 2.81. The van der Waals surface area contributed by atoms with E-state index >= 15 is 0 Å². The Balaban J connectivity index is 1.41. The van der Waals surface area contributed by atoms with Crippen molar-refractivity contribution in [3.63, 3.8) is 0 Å². The van der Waals surface area contributed by atoms with Gasteiger partial charge in [0.05, 0.1) is 10.8 Å². The lowest BCUT2D eigenvalue weighted by atomic mass is 9.31. The van der Waals surface area contributed by atoms with Gasteiger partial charge in [0, 0.05) is 18.3 Å². The van der Waals surface area contributed by atoms with Crippen LogP contribution in [0.1, 0.15) is 119 Å². The Morgan fingerprint density at radius 1 is 0.865 bits per heavy atom. The Kier molecular flexibility index (Phi) is 5.18. The minimum atomic E-state index is -0.662. The second-order valence-corrected chi connectivity index (χ2v) is 15.9. The van der Waals surface area contributed by atoms with Crippen LogP contribution >= 0.6 is 0 Å². The van der Waals surface area contributed by atoms with Crippen LogP contribution in [0.25, 0.3) is 0 Å². The molecular formula is C32H48O5. The molecule has 1 heterocycles. The molecule has 0 radical (unpaired) electrons. The van der Waals surface area contributed by atoms with E-state index in [0.29, 0.717) is 11.8 Å². The van der Waals surface area contributed by atoms with E-state index in [1.165, 1.54) is 6.92 Å². The summed E-state index contributed by atoms with van der Waals surface area (Å²) in [4.78, 5) is 38.3. The Morgan fingerprint density at radius 2 is 1.54 bits per heavy atom. The van der Waals surface area contributed by atoms with Gasteiger partial charge in [-0.2, -0.15) is 0 Å². The van der Waals surface area contributed by atoms with Crippen LogP contribution in [0, 0.1) is 50.2 Å². The predicted octanol–water partition coefficient (Wildman–Crippen LogP) is 6.66. The molecule has 1 spiro atoms. The fourth-order valence-corrected chi connectivity index (χ4v) is 12.1. The molecule has 5 aliphatic carbocycles. The van der Waals surface area contributed by atoms with Crippen molar-refractivity contribution in [2.24, 2.45) is 50.2 Å². The van der Waals surface area contributed by atoms with E-state index in [1.807, 2.05) is 6.92 Å². The van der Waals surface area contributed by atoms with E-state index in [9.17, 15) is 14.4 Å². The van der Waals surface area contributed by atoms with Gasteiger partial charge in [0.1, 0.15) is 18.0 Å². The minimum Gasteiger partial charge on any atom is -0.462 e.